The molecular formula is C16H17ClN4O2. The minimum atomic E-state index is -0.129. The highest BCUT2D eigenvalue weighted by atomic mass is 35.5. The van der Waals surface area contributed by atoms with Crippen LogP contribution in [0.25, 0.3) is 0 Å². The third-order valence-electron chi connectivity index (χ3n) is 3.78. The molecule has 1 amide bonds. The third-order valence-corrected chi connectivity index (χ3v) is 3.97. The molecule has 1 aliphatic rings. The minimum Gasteiger partial charge on any atom is -0.460 e. The zero-order valence-electron chi connectivity index (χ0n) is 12.5. The highest BCUT2D eigenvalue weighted by molar-refractivity contribution is 6.30. The number of hydrogen-bond acceptors (Lipinski definition) is 5. The maximum atomic E-state index is 12.1. The number of ether oxygens (including phenoxy) is 1. The maximum absolute atomic E-state index is 12.1. The van der Waals surface area contributed by atoms with E-state index in [-0.39, 0.29) is 18.1 Å². The Morgan fingerprint density at radius 2 is 1.87 bits per heavy atom. The first kappa shape index (κ1) is 15.7. The van der Waals surface area contributed by atoms with E-state index in [1.165, 1.54) is 12.4 Å². The largest absolute Gasteiger partial charge is 0.460 e. The molecule has 6 nitrogen and oxygen atoms in total. The van der Waals surface area contributed by atoms with Crippen LogP contribution in [-0.2, 0) is 0 Å². The van der Waals surface area contributed by atoms with E-state index < -0.39 is 0 Å². The Morgan fingerprint density at radius 3 is 2.52 bits per heavy atom. The number of rotatable bonds is 4. The quantitative estimate of drug-likeness (QED) is 0.931. The van der Waals surface area contributed by atoms with Gasteiger partial charge in [-0.1, -0.05) is 17.7 Å². The zero-order valence-corrected chi connectivity index (χ0v) is 13.2. The summed E-state index contributed by atoms with van der Waals surface area (Å²) in [5.41, 5.74) is 0.445. The molecule has 0 unspecified atom stereocenters. The van der Waals surface area contributed by atoms with Crippen molar-refractivity contribution in [1.29, 1.82) is 0 Å². The Bertz CT molecular complexity index is 643. The second-order valence-electron chi connectivity index (χ2n) is 5.46. The average molecular weight is 333 g/mol. The molecule has 1 aliphatic carbocycles. The van der Waals surface area contributed by atoms with Gasteiger partial charge in [0, 0.05) is 12.2 Å². The van der Waals surface area contributed by atoms with Gasteiger partial charge in [-0.05, 0) is 37.8 Å². The van der Waals surface area contributed by atoms with Gasteiger partial charge in [0.1, 0.15) is 11.8 Å². The van der Waals surface area contributed by atoms with Crippen LogP contribution in [0.5, 0.6) is 6.01 Å². The molecule has 0 aromatic carbocycles. The van der Waals surface area contributed by atoms with Gasteiger partial charge in [-0.2, -0.15) is 0 Å². The number of aromatic nitrogens is 3. The molecule has 0 bridgehead atoms. The number of halogens is 1. The molecule has 0 saturated heterocycles. The molecule has 7 heteroatoms. The van der Waals surface area contributed by atoms with Crippen LogP contribution < -0.4 is 10.1 Å². The van der Waals surface area contributed by atoms with Gasteiger partial charge in [0.2, 0.25) is 0 Å². The Balaban J connectivity index is 1.47. The molecular weight excluding hydrogens is 316 g/mol. The predicted octanol–water partition coefficient (Wildman–Crippen LogP) is 2.65. The van der Waals surface area contributed by atoms with E-state index in [4.69, 9.17) is 16.3 Å². The lowest BCUT2D eigenvalue weighted by Gasteiger charge is -2.28. The predicted molar refractivity (Wildman–Crippen MR) is 85.4 cm³/mol. The van der Waals surface area contributed by atoms with E-state index >= 15 is 0 Å². The fourth-order valence-electron chi connectivity index (χ4n) is 2.59. The van der Waals surface area contributed by atoms with Crippen molar-refractivity contribution in [3.8, 4) is 6.01 Å². The SMILES string of the molecule is O=C(NC1CCC(Oc2ncc(Cl)cn2)CC1)c1ccccn1. The first-order chi connectivity index (χ1) is 11.2. The number of nitrogens with one attached hydrogen (secondary N) is 1. The molecule has 0 radical (unpaired) electrons. The van der Waals surface area contributed by atoms with Crippen LogP contribution in [0.3, 0.4) is 0 Å². The monoisotopic (exact) mass is 332 g/mol. The van der Waals surface area contributed by atoms with Crippen LogP contribution in [0.4, 0.5) is 0 Å². The van der Waals surface area contributed by atoms with Gasteiger partial charge in [-0.3, -0.25) is 9.78 Å². The molecule has 0 atom stereocenters. The second-order valence-corrected chi connectivity index (χ2v) is 5.90. The smallest absolute Gasteiger partial charge is 0.316 e. The van der Waals surface area contributed by atoms with Crippen LogP contribution in [-0.4, -0.2) is 33.0 Å². The highest BCUT2D eigenvalue weighted by Gasteiger charge is 2.24. The Labute approximate surface area is 139 Å². The van der Waals surface area contributed by atoms with Gasteiger partial charge in [-0.15, -0.1) is 0 Å². The normalized spacial score (nSPS) is 20.7. The van der Waals surface area contributed by atoms with Crippen molar-refractivity contribution in [3.05, 3.63) is 47.5 Å². The second kappa shape index (κ2) is 7.37. The van der Waals surface area contributed by atoms with Gasteiger partial charge >= 0.3 is 6.01 Å². The fourth-order valence-corrected chi connectivity index (χ4v) is 2.69. The molecule has 3 rings (SSSR count). The Morgan fingerprint density at radius 1 is 1.13 bits per heavy atom. The van der Waals surface area contributed by atoms with E-state index in [2.05, 4.69) is 20.3 Å². The average Bonchev–Trinajstić information content (AvgIpc) is 2.59. The molecule has 1 fully saturated rings. The first-order valence-electron chi connectivity index (χ1n) is 7.57. The van der Waals surface area contributed by atoms with Crippen LogP contribution in [0.15, 0.2) is 36.8 Å². The van der Waals surface area contributed by atoms with E-state index in [9.17, 15) is 4.79 Å². The lowest BCUT2D eigenvalue weighted by atomic mass is 9.93. The molecule has 2 aromatic heterocycles. The lowest BCUT2D eigenvalue weighted by molar-refractivity contribution is 0.0880. The summed E-state index contributed by atoms with van der Waals surface area (Å²) < 4.78 is 5.74. The standard InChI is InChI=1S/C16H17ClN4O2/c17-11-9-19-16(20-10-11)23-13-6-4-12(5-7-13)21-15(22)14-3-1-2-8-18-14/h1-3,8-10,12-13H,4-7H2,(H,21,22). The molecule has 1 N–H and O–H groups in total. The summed E-state index contributed by atoms with van der Waals surface area (Å²) in [5, 5.41) is 3.51. The summed E-state index contributed by atoms with van der Waals surface area (Å²) in [6.07, 6.45) is 8.13. The Kier molecular flexibility index (Phi) is 5.02. The van der Waals surface area contributed by atoms with Crippen LogP contribution in [0.2, 0.25) is 5.02 Å². The summed E-state index contributed by atoms with van der Waals surface area (Å²) in [5.74, 6) is -0.129. The number of pyridine rings is 1. The summed E-state index contributed by atoms with van der Waals surface area (Å²) in [6.45, 7) is 0. The zero-order chi connectivity index (χ0) is 16.1. The molecule has 0 aliphatic heterocycles. The number of amides is 1. The lowest BCUT2D eigenvalue weighted by Crippen LogP contribution is -2.40. The van der Waals surface area contributed by atoms with Crippen molar-refractivity contribution in [2.75, 3.05) is 0 Å². The van der Waals surface area contributed by atoms with Crippen molar-refractivity contribution in [3.63, 3.8) is 0 Å². The van der Waals surface area contributed by atoms with Gasteiger partial charge in [0.05, 0.1) is 17.4 Å². The molecule has 120 valence electrons. The number of nitrogens with zero attached hydrogens (tertiary/aromatic N) is 3. The molecule has 23 heavy (non-hydrogen) atoms. The van der Waals surface area contributed by atoms with Crippen LogP contribution in [0, 0.1) is 0 Å². The summed E-state index contributed by atoms with van der Waals surface area (Å²) in [6, 6.07) is 5.80. The first-order valence-corrected chi connectivity index (χ1v) is 7.94. The van der Waals surface area contributed by atoms with Gasteiger partial charge in [0.15, 0.2) is 0 Å². The fraction of sp³-hybridized carbons (Fsp3) is 0.375. The summed E-state index contributed by atoms with van der Waals surface area (Å²) in [7, 11) is 0. The highest BCUT2D eigenvalue weighted by Crippen LogP contribution is 2.22. The van der Waals surface area contributed by atoms with Crippen molar-refractivity contribution in [2.45, 2.75) is 37.8 Å². The third kappa shape index (κ3) is 4.39. The van der Waals surface area contributed by atoms with E-state index in [0.717, 1.165) is 25.7 Å². The summed E-state index contributed by atoms with van der Waals surface area (Å²) in [4.78, 5) is 24.2. The van der Waals surface area contributed by atoms with Crippen molar-refractivity contribution < 1.29 is 9.53 Å². The molecule has 1 saturated carbocycles. The molecule has 0 spiro atoms. The summed E-state index contributed by atoms with van der Waals surface area (Å²) >= 11 is 5.75. The topological polar surface area (TPSA) is 77.0 Å². The number of hydrogen-bond donors (Lipinski definition) is 1. The van der Waals surface area contributed by atoms with Crippen molar-refractivity contribution in [1.82, 2.24) is 20.3 Å². The van der Waals surface area contributed by atoms with E-state index in [1.54, 1.807) is 24.4 Å². The van der Waals surface area contributed by atoms with Crippen molar-refractivity contribution in [2.24, 2.45) is 0 Å². The maximum Gasteiger partial charge on any atom is 0.316 e. The van der Waals surface area contributed by atoms with E-state index in [1.807, 2.05) is 0 Å². The number of carbonyl (C=O) groups excluding carboxylic acids is 1. The van der Waals surface area contributed by atoms with Crippen LogP contribution in [0.1, 0.15) is 36.2 Å². The number of carbonyl (C=O) groups is 1. The van der Waals surface area contributed by atoms with E-state index in [0.29, 0.717) is 16.7 Å². The molecule has 2 aromatic rings. The van der Waals surface area contributed by atoms with Gasteiger partial charge < -0.3 is 10.1 Å². The Hall–Kier alpha value is -2.21. The van der Waals surface area contributed by atoms with Gasteiger partial charge in [0.25, 0.3) is 5.91 Å². The van der Waals surface area contributed by atoms with Crippen molar-refractivity contribution >= 4 is 17.5 Å². The van der Waals surface area contributed by atoms with Gasteiger partial charge in [-0.25, -0.2) is 9.97 Å². The molecule has 2 heterocycles. The van der Waals surface area contributed by atoms with Crippen LogP contribution >= 0.6 is 11.6 Å². The minimum absolute atomic E-state index is 0.0687.